The third-order valence-corrected chi connectivity index (χ3v) is 3.11. The van der Waals surface area contributed by atoms with Gasteiger partial charge in [0.1, 0.15) is 5.69 Å². The van der Waals surface area contributed by atoms with Crippen molar-refractivity contribution in [1.82, 2.24) is 4.98 Å². The van der Waals surface area contributed by atoms with E-state index in [0.29, 0.717) is 5.69 Å². The zero-order valence-corrected chi connectivity index (χ0v) is 10.2. The molecule has 0 saturated carbocycles. The largest absolute Gasteiger partial charge is 0.409 e. The van der Waals surface area contributed by atoms with Crippen molar-refractivity contribution in [1.29, 1.82) is 0 Å². The topological polar surface area (TPSA) is 71.5 Å². The molecule has 0 unspecified atom stereocenters. The van der Waals surface area contributed by atoms with Gasteiger partial charge in [0.2, 0.25) is 0 Å². The third-order valence-electron chi connectivity index (χ3n) is 2.09. The van der Waals surface area contributed by atoms with Gasteiger partial charge in [-0.2, -0.15) is 0 Å². The van der Waals surface area contributed by atoms with E-state index in [1.165, 1.54) is 19.3 Å². The van der Waals surface area contributed by atoms with Crippen LogP contribution < -0.4 is 5.73 Å². The smallest absolute Gasteiger partial charge is 0.188 e. The van der Waals surface area contributed by atoms with Crippen LogP contribution in [0, 0.1) is 0 Å². The number of hydrogen-bond acceptors (Lipinski definition) is 4. The summed E-state index contributed by atoms with van der Waals surface area (Å²) in [5.41, 5.74) is 5.98. The molecule has 0 spiro atoms. The highest BCUT2D eigenvalue weighted by atomic mass is 32.2. The first-order valence-electron chi connectivity index (χ1n) is 5.35. The normalized spacial score (nSPS) is 11.7. The monoisotopic (exact) mass is 239 g/mol. The lowest BCUT2D eigenvalue weighted by molar-refractivity contribution is 0.318. The number of pyridine rings is 1. The molecule has 16 heavy (non-hydrogen) atoms. The summed E-state index contributed by atoms with van der Waals surface area (Å²) in [6.07, 6.45) is 3.65. The Morgan fingerprint density at radius 2 is 2.31 bits per heavy atom. The molecule has 3 N–H and O–H groups in total. The molecule has 0 aliphatic rings. The molecule has 0 aliphatic heterocycles. The fraction of sp³-hybridized carbons (Fsp3) is 0.455. The van der Waals surface area contributed by atoms with Gasteiger partial charge in [0.15, 0.2) is 5.84 Å². The first-order valence-corrected chi connectivity index (χ1v) is 6.34. The molecule has 1 aromatic rings. The number of oxime groups is 1. The van der Waals surface area contributed by atoms with Crippen LogP contribution in [0.15, 0.2) is 28.4 Å². The molecule has 0 saturated heterocycles. The number of nitrogens with zero attached hydrogens (tertiary/aromatic N) is 2. The van der Waals surface area contributed by atoms with Crippen LogP contribution in [0.1, 0.15) is 31.9 Å². The van der Waals surface area contributed by atoms with Crippen molar-refractivity contribution in [3.8, 4) is 0 Å². The molecular formula is C11H17N3OS. The van der Waals surface area contributed by atoms with Gasteiger partial charge in [-0.1, -0.05) is 31.0 Å². The lowest BCUT2D eigenvalue weighted by Gasteiger charge is -2.02. The highest BCUT2D eigenvalue weighted by Gasteiger charge is 2.02. The van der Waals surface area contributed by atoms with Crippen LogP contribution in [-0.4, -0.2) is 21.8 Å². The molecule has 0 atom stereocenters. The van der Waals surface area contributed by atoms with Crippen molar-refractivity contribution in [3.63, 3.8) is 0 Å². The van der Waals surface area contributed by atoms with Gasteiger partial charge in [-0.3, -0.25) is 0 Å². The first-order chi connectivity index (χ1) is 7.77. The second kappa shape index (κ2) is 7.11. The maximum Gasteiger partial charge on any atom is 0.188 e. The van der Waals surface area contributed by atoms with E-state index in [1.807, 2.05) is 12.1 Å². The summed E-state index contributed by atoms with van der Waals surface area (Å²) in [4.78, 5) is 4.29. The quantitative estimate of drug-likeness (QED) is 0.200. The van der Waals surface area contributed by atoms with E-state index in [1.54, 1.807) is 17.8 Å². The maximum absolute atomic E-state index is 8.54. The number of thioether (sulfide) groups is 1. The third kappa shape index (κ3) is 4.10. The summed E-state index contributed by atoms with van der Waals surface area (Å²) in [7, 11) is 0. The summed E-state index contributed by atoms with van der Waals surface area (Å²) >= 11 is 1.70. The van der Waals surface area contributed by atoms with Crippen LogP contribution in [0.2, 0.25) is 0 Å². The minimum absolute atomic E-state index is 0.0519. The van der Waals surface area contributed by atoms with Crippen LogP contribution in [0.25, 0.3) is 0 Å². The van der Waals surface area contributed by atoms with Crippen molar-refractivity contribution in [2.45, 2.75) is 31.2 Å². The molecule has 1 heterocycles. The van der Waals surface area contributed by atoms with Crippen molar-refractivity contribution in [2.24, 2.45) is 10.9 Å². The van der Waals surface area contributed by atoms with Crippen molar-refractivity contribution in [3.05, 3.63) is 23.9 Å². The highest BCUT2D eigenvalue weighted by molar-refractivity contribution is 7.99. The molecule has 4 nitrogen and oxygen atoms in total. The average Bonchev–Trinajstić information content (AvgIpc) is 2.34. The Morgan fingerprint density at radius 3 is 3.00 bits per heavy atom. The maximum atomic E-state index is 8.54. The van der Waals surface area contributed by atoms with Crippen LogP contribution in [0.5, 0.6) is 0 Å². The molecule has 0 aliphatic carbocycles. The van der Waals surface area contributed by atoms with Gasteiger partial charge in [0.25, 0.3) is 0 Å². The summed E-state index contributed by atoms with van der Waals surface area (Å²) < 4.78 is 0. The molecule has 1 aromatic heterocycles. The number of amidine groups is 1. The molecular weight excluding hydrogens is 222 g/mol. The molecule has 0 bridgehead atoms. The van der Waals surface area contributed by atoms with Gasteiger partial charge in [-0.15, -0.1) is 11.8 Å². The minimum atomic E-state index is 0.0519. The number of hydrogen-bond donors (Lipinski definition) is 2. The fourth-order valence-corrected chi connectivity index (χ4v) is 2.11. The van der Waals surface area contributed by atoms with E-state index in [4.69, 9.17) is 10.9 Å². The van der Waals surface area contributed by atoms with E-state index >= 15 is 0 Å². The van der Waals surface area contributed by atoms with E-state index in [-0.39, 0.29) is 5.84 Å². The van der Waals surface area contributed by atoms with Gasteiger partial charge < -0.3 is 10.9 Å². The Hall–Kier alpha value is -1.23. The van der Waals surface area contributed by atoms with Crippen LogP contribution >= 0.6 is 11.8 Å². The Labute approximate surface area is 99.9 Å². The SMILES string of the molecule is CCCCCSc1cccc(/C(N)=N/O)n1. The molecule has 88 valence electrons. The Bertz CT molecular complexity index is 355. The Balaban J connectivity index is 2.54. The predicted molar refractivity (Wildman–Crippen MR) is 67.0 cm³/mol. The van der Waals surface area contributed by atoms with Crippen LogP contribution in [-0.2, 0) is 0 Å². The molecule has 1 rings (SSSR count). The van der Waals surface area contributed by atoms with E-state index in [0.717, 1.165) is 10.8 Å². The summed E-state index contributed by atoms with van der Waals surface area (Å²) in [6.45, 7) is 2.18. The van der Waals surface area contributed by atoms with Gasteiger partial charge in [-0.25, -0.2) is 4.98 Å². The number of nitrogens with two attached hydrogens (primary N) is 1. The molecule has 0 radical (unpaired) electrons. The van der Waals surface area contributed by atoms with Gasteiger partial charge in [0.05, 0.1) is 5.03 Å². The minimum Gasteiger partial charge on any atom is -0.409 e. The lowest BCUT2D eigenvalue weighted by Crippen LogP contribution is -2.14. The number of unbranched alkanes of at least 4 members (excludes halogenated alkanes) is 2. The van der Waals surface area contributed by atoms with E-state index < -0.39 is 0 Å². The van der Waals surface area contributed by atoms with Crippen molar-refractivity contribution >= 4 is 17.6 Å². The average molecular weight is 239 g/mol. The highest BCUT2D eigenvalue weighted by Crippen LogP contribution is 2.17. The summed E-state index contributed by atoms with van der Waals surface area (Å²) in [5, 5.41) is 12.4. The molecule has 5 heteroatoms. The Morgan fingerprint density at radius 1 is 1.50 bits per heavy atom. The van der Waals surface area contributed by atoms with Crippen LogP contribution in [0.3, 0.4) is 0 Å². The van der Waals surface area contributed by atoms with Crippen molar-refractivity contribution in [2.75, 3.05) is 5.75 Å². The van der Waals surface area contributed by atoms with E-state index in [9.17, 15) is 0 Å². The summed E-state index contributed by atoms with van der Waals surface area (Å²) in [6, 6.07) is 5.53. The molecule has 0 amide bonds. The standard InChI is InChI=1S/C11H17N3OS/c1-2-3-4-8-16-10-7-5-6-9(13-10)11(12)14-15/h5-7,15H,2-4,8H2,1H3,(H2,12,14). The predicted octanol–water partition coefficient (Wildman–Crippen LogP) is 2.46. The molecule has 0 aromatic carbocycles. The van der Waals surface area contributed by atoms with Crippen LogP contribution in [0.4, 0.5) is 0 Å². The summed E-state index contributed by atoms with van der Waals surface area (Å²) in [5.74, 6) is 1.11. The Kier molecular flexibility index (Phi) is 5.71. The zero-order valence-electron chi connectivity index (χ0n) is 9.39. The zero-order chi connectivity index (χ0) is 11.8. The van der Waals surface area contributed by atoms with E-state index in [2.05, 4.69) is 17.1 Å². The number of rotatable bonds is 6. The van der Waals surface area contributed by atoms with Gasteiger partial charge in [0, 0.05) is 0 Å². The lowest BCUT2D eigenvalue weighted by atomic mass is 10.3. The van der Waals surface area contributed by atoms with Gasteiger partial charge in [-0.05, 0) is 24.3 Å². The van der Waals surface area contributed by atoms with Gasteiger partial charge >= 0.3 is 0 Å². The first kappa shape index (κ1) is 12.8. The molecule has 0 fully saturated rings. The number of aromatic nitrogens is 1. The van der Waals surface area contributed by atoms with Crippen molar-refractivity contribution < 1.29 is 5.21 Å². The fourth-order valence-electron chi connectivity index (χ4n) is 1.22. The second-order valence-electron chi connectivity index (χ2n) is 3.40. The second-order valence-corrected chi connectivity index (χ2v) is 4.52.